The molecule has 1 N–H and O–H groups in total. The fourth-order valence-corrected chi connectivity index (χ4v) is 3.09. The first-order valence-electron chi connectivity index (χ1n) is 9.03. The Bertz CT molecular complexity index is 1190. The van der Waals surface area contributed by atoms with Crippen LogP contribution in [0.3, 0.4) is 0 Å². The highest BCUT2D eigenvalue weighted by Crippen LogP contribution is 2.37. The van der Waals surface area contributed by atoms with Crippen LogP contribution in [0.5, 0.6) is 11.5 Å². The Morgan fingerprint density at radius 2 is 1.87 bits per heavy atom. The van der Waals surface area contributed by atoms with Crippen molar-refractivity contribution in [1.29, 1.82) is 0 Å². The third-order valence-electron chi connectivity index (χ3n) is 4.35. The smallest absolute Gasteiger partial charge is 0.168 e. The highest BCUT2D eigenvalue weighted by atomic mass is 35.5. The van der Waals surface area contributed by atoms with Crippen LogP contribution in [0.4, 0.5) is 15.9 Å². The molecule has 4 rings (SSSR count). The average Bonchev–Trinajstić information content (AvgIpc) is 2.76. The number of rotatable bonds is 6. The van der Waals surface area contributed by atoms with Gasteiger partial charge in [-0.05, 0) is 31.2 Å². The zero-order chi connectivity index (χ0) is 21.1. The van der Waals surface area contributed by atoms with Crippen molar-refractivity contribution >= 4 is 34.0 Å². The second kappa shape index (κ2) is 8.46. The quantitative estimate of drug-likeness (QED) is 0.460. The van der Waals surface area contributed by atoms with Gasteiger partial charge in [-0.1, -0.05) is 11.6 Å². The highest BCUT2D eigenvalue weighted by Gasteiger charge is 2.17. The van der Waals surface area contributed by atoms with Crippen LogP contribution in [0.25, 0.3) is 10.9 Å². The van der Waals surface area contributed by atoms with Gasteiger partial charge in [-0.2, -0.15) is 0 Å². The Morgan fingerprint density at radius 1 is 1.07 bits per heavy atom. The second-order valence-corrected chi connectivity index (χ2v) is 6.77. The van der Waals surface area contributed by atoms with Crippen LogP contribution in [0.2, 0.25) is 5.02 Å². The molecule has 4 aromatic rings. The number of nitrogens with one attached hydrogen (secondary N) is 1. The second-order valence-electron chi connectivity index (χ2n) is 6.36. The van der Waals surface area contributed by atoms with E-state index >= 15 is 0 Å². The molecule has 0 amide bonds. The van der Waals surface area contributed by atoms with Crippen LogP contribution in [-0.2, 0) is 0 Å². The van der Waals surface area contributed by atoms with Gasteiger partial charge in [-0.15, -0.1) is 0 Å². The van der Waals surface area contributed by atoms with Gasteiger partial charge in [0.1, 0.15) is 29.5 Å². The van der Waals surface area contributed by atoms with Gasteiger partial charge in [0, 0.05) is 30.2 Å². The molecule has 7 nitrogen and oxygen atoms in total. The van der Waals surface area contributed by atoms with Crippen LogP contribution >= 0.6 is 11.6 Å². The lowest BCUT2D eigenvalue weighted by Gasteiger charge is -2.18. The average molecular weight is 426 g/mol. The number of ether oxygens (including phenoxy) is 2. The van der Waals surface area contributed by atoms with Gasteiger partial charge in [-0.3, -0.25) is 0 Å². The molecule has 0 unspecified atom stereocenters. The molecule has 9 heteroatoms. The van der Waals surface area contributed by atoms with E-state index in [1.807, 2.05) is 6.92 Å². The Morgan fingerprint density at radius 3 is 2.60 bits per heavy atom. The maximum absolute atomic E-state index is 13.5. The fraction of sp³-hybridized carbons (Fsp3) is 0.143. The van der Waals surface area contributed by atoms with E-state index in [4.69, 9.17) is 21.1 Å². The number of halogens is 2. The lowest BCUT2D eigenvalue weighted by atomic mass is 10.2. The number of nitrogens with zero attached hydrogens (tertiary/aromatic N) is 4. The summed E-state index contributed by atoms with van der Waals surface area (Å²) in [7, 11) is 1.57. The van der Waals surface area contributed by atoms with E-state index in [1.165, 1.54) is 18.5 Å². The number of hydrogen-bond donors (Lipinski definition) is 1. The van der Waals surface area contributed by atoms with Crippen molar-refractivity contribution in [3.63, 3.8) is 0 Å². The van der Waals surface area contributed by atoms with Crippen LogP contribution in [0.1, 0.15) is 18.9 Å². The van der Waals surface area contributed by atoms with E-state index in [0.29, 0.717) is 39.7 Å². The third-order valence-corrected chi connectivity index (χ3v) is 4.64. The van der Waals surface area contributed by atoms with Crippen molar-refractivity contribution < 1.29 is 13.9 Å². The highest BCUT2D eigenvalue weighted by molar-refractivity contribution is 6.31. The van der Waals surface area contributed by atoms with Crippen molar-refractivity contribution in [1.82, 2.24) is 19.9 Å². The van der Waals surface area contributed by atoms with Crippen LogP contribution in [0.15, 0.2) is 55.1 Å². The minimum Gasteiger partial charge on any atom is -0.497 e. The molecule has 0 saturated carbocycles. The number of aromatic nitrogens is 4. The van der Waals surface area contributed by atoms with Gasteiger partial charge in [0.15, 0.2) is 11.9 Å². The molecule has 0 saturated heterocycles. The molecular weight excluding hydrogens is 409 g/mol. The maximum Gasteiger partial charge on any atom is 0.168 e. The summed E-state index contributed by atoms with van der Waals surface area (Å²) in [6.07, 6.45) is 4.29. The van der Waals surface area contributed by atoms with Crippen molar-refractivity contribution in [2.75, 3.05) is 12.4 Å². The summed E-state index contributed by atoms with van der Waals surface area (Å²) in [5, 5.41) is 3.78. The van der Waals surface area contributed by atoms with E-state index in [2.05, 4.69) is 25.3 Å². The molecular formula is C21H17ClFN5O2. The van der Waals surface area contributed by atoms with Crippen molar-refractivity contribution in [2.24, 2.45) is 0 Å². The molecule has 0 fully saturated rings. The predicted octanol–water partition coefficient (Wildman–Crippen LogP) is 5.10. The van der Waals surface area contributed by atoms with Crippen molar-refractivity contribution in [3.8, 4) is 11.5 Å². The summed E-state index contributed by atoms with van der Waals surface area (Å²) in [6, 6.07) is 9.59. The van der Waals surface area contributed by atoms with Gasteiger partial charge in [0.25, 0.3) is 0 Å². The number of benzene rings is 2. The van der Waals surface area contributed by atoms with Crippen molar-refractivity contribution in [3.05, 3.63) is 71.8 Å². The zero-order valence-corrected chi connectivity index (χ0v) is 16.9. The third kappa shape index (κ3) is 4.08. The first kappa shape index (κ1) is 19.8. The number of methoxy groups -OCH3 is 1. The molecule has 2 aromatic carbocycles. The van der Waals surface area contributed by atoms with Gasteiger partial charge in [0.2, 0.25) is 0 Å². The molecule has 0 bridgehead atoms. The first-order valence-corrected chi connectivity index (χ1v) is 9.41. The van der Waals surface area contributed by atoms with Gasteiger partial charge in [0.05, 0.1) is 23.0 Å². The van der Waals surface area contributed by atoms with Crippen LogP contribution in [0, 0.1) is 5.82 Å². The lowest BCUT2D eigenvalue weighted by Crippen LogP contribution is -2.08. The maximum atomic E-state index is 13.5. The molecule has 2 heterocycles. The Balaban J connectivity index is 1.78. The molecule has 0 spiro atoms. The largest absolute Gasteiger partial charge is 0.497 e. The molecule has 0 aliphatic rings. The molecule has 0 aliphatic heterocycles. The minimum atomic E-state index is -0.500. The van der Waals surface area contributed by atoms with Gasteiger partial charge >= 0.3 is 0 Å². The van der Waals surface area contributed by atoms with E-state index in [9.17, 15) is 4.39 Å². The lowest BCUT2D eigenvalue weighted by molar-refractivity contribution is 0.218. The first-order chi connectivity index (χ1) is 14.5. The standard InChI is InChI=1S/C21H17ClFN5O2/c1-12(20-24-6-3-7-25-20)30-18-10-14(29-2)9-17-19(18)21(27-11-26-17)28-13-4-5-16(23)15(22)8-13/h3-12H,1-2H3,(H,26,27,28)/t12-/m0/s1. The van der Waals surface area contributed by atoms with E-state index in [0.717, 1.165) is 0 Å². The molecule has 0 aliphatic carbocycles. The summed E-state index contributed by atoms with van der Waals surface area (Å²) in [5.41, 5.74) is 1.18. The van der Waals surface area contributed by atoms with E-state index in [-0.39, 0.29) is 5.02 Å². The van der Waals surface area contributed by atoms with Crippen LogP contribution in [-0.4, -0.2) is 27.0 Å². The fourth-order valence-electron chi connectivity index (χ4n) is 2.91. The Kier molecular flexibility index (Phi) is 5.58. The van der Waals surface area contributed by atoms with E-state index in [1.54, 1.807) is 43.8 Å². The predicted molar refractivity (Wildman–Crippen MR) is 112 cm³/mol. The van der Waals surface area contributed by atoms with E-state index < -0.39 is 11.9 Å². The molecule has 0 radical (unpaired) electrons. The normalized spacial score (nSPS) is 11.9. The molecule has 1 atom stereocenters. The number of hydrogen-bond acceptors (Lipinski definition) is 7. The topological polar surface area (TPSA) is 82.0 Å². The summed E-state index contributed by atoms with van der Waals surface area (Å²) >= 11 is 5.90. The number of anilines is 2. The Hall–Kier alpha value is -3.52. The Labute approximate surface area is 176 Å². The zero-order valence-electron chi connectivity index (χ0n) is 16.1. The summed E-state index contributed by atoms with van der Waals surface area (Å²) < 4.78 is 25.1. The van der Waals surface area contributed by atoms with Gasteiger partial charge < -0.3 is 14.8 Å². The SMILES string of the molecule is COc1cc(O[C@@H](C)c2ncccn2)c2c(Nc3ccc(F)c(Cl)c3)ncnc2c1. The van der Waals surface area contributed by atoms with Crippen LogP contribution < -0.4 is 14.8 Å². The van der Waals surface area contributed by atoms with Crippen molar-refractivity contribution in [2.45, 2.75) is 13.0 Å². The molecule has 2 aromatic heterocycles. The van der Waals surface area contributed by atoms with Gasteiger partial charge in [-0.25, -0.2) is 24.3 Å². The summed E-state index contributed by atoms with van der Waals surface area (Å²) in [5.74, 6) is 1.57. The summed E-state index contributed by atoms with van der Waals surface area (Å²) in [4.78, 5) is 17.2. The molecule has 30 heavy (non-hydrogen) atoms. The summed E-state index contributed by atoms with van der Waals surface area (Å²) in [6.45, 7) is 1.84. The molecule has 152 valence electrons. The monoisotopic (exact) mass is 425 g/mol. The minimum absolute atomic E-state index is 0.00588. The number of fused-ring (bicyclic) bond motifs is 1.